The fourth-order valence-electron chi connectivity index (χ4n) is 1.20. The average molecular weight is 284 g/mol. The summed E-state index contributed by atoms with van der Waals surface area (Å²) in [5, 5.41) is 6.86. The summed E-state index contributed by atoms with van der Waals surface area (Å²) in [6.07, 6.45) is 0. The van der Waals surface area contributed by atoms with Crippen molar-refractivity contribution in [1.29, 1.82) is 0 Å². The first-order valence-electron chi connectivity index (χ1n) is 4.68. The third kappa shape index (κ3) is 2.75. The number of aromatic nitrogens is 4. The minimum atomic E-state index is 0.472. The Hall–Kier alpha value is -1.50. The molecule has 0 spiro atoms. The first-order valence-corrected chi connectivity index (χ1v) is 5.47. The summed E-state index contributed by atoms with van der Waals surface area (Å²) in [4.78, 5) is 12.4. The molecule has 0 unspecified atom stereocenters. The van der Waals surface area contributed by atoms with E-state index in [0.29, 0.717) is 24.1 Å². The topological polar surface area (TPSA) is 76.7 Å². The highest BCUT2D eigenvalue weighted by atomic mass is 79.9. The van der Waals surface area contributed by atoms with Crippen LogP contribution in [0.5, 0.6) is 0 Å². The van der Waals surface area contributed by atoms with Gasteiger partial charge in [0.1, 0.15) is 16.2 Å². The maximum absolute atomic E-state index is 4.86. The molecule has 2 rings (SSSR count). The zero-order chi connectivity index (χ0) is 11.5. The van der Waals surface area contributed by atoms with Crippen LogP contribution in [0, 0.1) is 13.8 Å². The van der Waals surface area contributed by atoms with Crippen molar-refractivity contribution in [2.45, 2.75) is 20.4 Å². The van der Waals surface area contributed by atoms with Crippen LogP contribution >= 0.6 is 15.9 Å². The van der Waals surface area contributed by atoms with E-state index in [-0.39, 0.29) is 0 Å². The lowest BCUT2D eigenvalue weighted by Crippen LogP contribution is -2.04. The second kappa shape index (κ2) is 4.56. The predicted molar refractivity (Wildman–Crippen MR) is 60.8 cm³/mol. The number of nitrogens with zero attached hydrogens (tertiary/aromatic N) is 4. The minimum Gasteiger partial charge on any atom is -0.362 e. The molecule has 1 N–H and O–H groups in total. The van der Waals surface area contributed by atoms with Gasteiger partial charge in [0.2, 0.25) is 5.89 Å². The Morgan fingerprint density at radius 2 is 2.12 bits per heavy atom. The Labute approximate surface area is 101 Å². The fraction of sp³-hybridized carbons (Fsp3) is 0.333. The molecular weight excluding hydrogens is 274 g/mol. The fourth-order valence-corrected chi connectivity index (χ4v) is 1.68. The van der Waals surface area contributed by atoms with E-state index in [1.165, 1.54) is 0 Å². The summed E-state index contributed by atoms with van der Waals surface area (Å²) in [6.45, 7) is 4.05. The number of halogens is 1. The first-order chi connectivity index (χ1) is 7.63. The SMILES string of the molecule is Cc1nc(Br)cc(NCc2noc(C)n2)n1. The molecule has 0 aliphatic heterocycles. The second-order valence-corrected chi connectivity index (χ2v) is 4.02. The van der Waals surface area contributed by atoms with Crippen molar-refractivity contribution >= 4 is 21.7 Å². The van der Waals surface area contributed by atoms with Crippen LogP contribution in [0.2, 0.25) is 0 Å². The van der Waals surface area contributed by atoms with Crippen molar-refractivity contribution in [3.05, 3.63) is 28.2 Å². The lowest BCUT2D eigenvalue weighted by Gasteiger charge is -2.03. The van der Waals surface area contributed by atoms with E-state index in [1.807, 2.05) is 6.92 Å². The van der Waals surface area contributed by atoms with Crippen molar-refractivity contribution in [2.24, 2.45) is 0 Å². The molecule has 0 aliphatic rings. The number of anilines is 1. The van der Waals surface area contributed by atoms with Gasteiger partial charge in [-0.2, -0.15) is 4.98 Å². The molecule has 84 valence electrons. The Balaban J connectivity index is 2.04. The molecule has 0 saturated heterocycles. The van der Waals surface area contributed by atoms with E-state index >= 15 is 0 Å². The monoisotopic (exact) mass is 283 g/mol. The summed E-state index contributed by atoms with van der Waals surface area (Å²) in [7, 11) is 0. The molecule has 2 aromatic heterocycles. The molecule has 0 aliphatic carbocycles. The van der Waals surface area contributed by atoms with Gasteiger partial charge in [0, 0.05) is 13.0 Å². The van der Waals surface area contributed by atoms with Crippen molar-refractivity contribution < 1.29 is 4.52 Å². The molecule has 0 bridgehead atoms. The van der Waals surface area contributed by atoms with Crippen LogP contribution in [0.25, 0.3) is 0 Å². The Bertz CT molecular complexity index is 478. The molecular formula is C9H10BrN5O. The van der Waals surface area contributed by atoms with Crippen LogP contribution in [0.15, 0.2) is 15.2 Å². The molecule has 2 heterocycles. The van der Waals surface area contributed by atoms with E-state index < -0.39 is 0 Å². The molecule has 0 radical (unpaired) electrons. The van der Waals surface area contributed by atoms with Crippen LogP contribution in [-0.4, -0.2) is 20.1 Å². The third-order valence-electron chi connectivity index (χ3n) is 1.80. The van der Waals surface area contributed by atoms with Crippen molar-refractivity contribution in [3.63, 3.8) is 0 Å². The smallest absolute Gasteiger partial charge is 0.223 e. The Morgan fingerprint density at radius 3 is 2.75 bits per heavy atom. The molecule has 6 nitrogen and oxygen atoms in total. The van der Waals surface area contributed by atoms with Crippen molar-refractivity contribution in [1.82, 2.24) is 20.1 Å². The minimum absolute atomic E-state index is 0.472. The summed E-state index contributed by atoms with van der Waals surface area (Å²) >= 11 is 3.30. The van der Waals surface area contributed by atoms with Gasteiger partial charge in [0.15, 0.2) is 5.82 Å². The average Bonchev–Trinajstić information content (AvgIpc) is 2.60. The lowest BCUT2D eigenvalue weighted by molar-refractivity contribution is 0.388. The summed E-state index contributed by atoms with van der Waals surface area (Å²) in [6, 6.07) is 1.79. The molecule has 16 heavy (non-hydrogen) atoms. The van der Waals surface area contributed by atoms with Gasteiger partial charge < -0.3 is 9.84 Å². The highest BCUT2D eigenvalue weighted by Gasteiger charge is 2.03. The van der Waals surface area contributed by atoms with E-state index in [2.05, 4.69) is 41.4 Å². The van der Waals surface area contributed by atoms with Gasteiger partial charge in [-0.25, -0.2) is 9.97 Å². The quantitative estimate of drug-likeness (QED) is 0.867. The summed E-state index contributed by atoms with van der Waals surface area (Å²) < 4.78 is 5.60. The van der Waals surface area contributed by atoms with Crippen molar-refractivity contribution in [3.8, 4) is 0 Å². The van der Waals surface area contributed by atoms with Gasteiger partial charge in [-0.1, -0.05) is 5.16 Å². The number of aryl methyl sites for hydroxylation is 2. The van der Waals surface area contributed by atoms with Gasteiger partial charge in [0.25, 0.3) is 0 Å². The molecule has 0 amide bonds. The third-order valence-corrected chi connectivity index (χ3v) is 2.21. The second-order valence-electron chi connectivity index (χ2n) is 3.21. The van der Waals surface area contributed by atoms with Crippen LogP contribution < -0.4 is 5.32 Å². The highest BCUT2D eigenvalue weighted by molar-refractivity contribution is 9.10. The molecule has 0 fully saturated rings. The number of hydrogen-bond donors (Lipinski definition) is 1. The van der Waals surface area contributed by atoms with Gasteiger partial charge >= 0.3 is 0 Å². The normalized spacial score (nSPS) is 10.4. The van der Waals surface area contributed by atoms with Crippen LogP contribution in [0.1, 0.15) is 17.5 Å². The first kappa shape index (κ1) is 11.0. The van der Waals surface area contributed by atoms with Crippen LogP contribution in [0.4, 0.5) is 5.82 Å². The summed E-state index contributed by atoms with van der Waals surface area (Å²) in [5.74, 6) is 2.57. The van der Waals surface area contributed by atoms with Crippen LogP contribution in [0.3, 0.4) is 0 Å². The number of nitrogens with one attached hydrogen (secondary N) is 1. The molecule has 0 atom stereocenters. The lowest BCUT2D eigenvalue weighted by atomic mass is 10.5. The summed E-state index contributed by atoms with van der Waals surface area (Å²) in [5.41, 5.74) is 0. The molecule has 7 heteroatoms. The number of rotatable bonds is 3. The van der Waals surface area contributed by atoms with E-state index in [9.17, 15) is 0 Å². The van der Waals surface area contributed by atoms with Gasteiger partial charge in [-0.3, -0.25) is 0 Å². The van der Waals surface area contributed by atoms with E-state index in [1.54, 1.807) is 13.0 Å². The zero-order valence-corrected chi connectivity index (χ0v) is 10.4. The van der Waals surface area contributed by atoms with Gasteiger partial charge in [0.05, 0.1) is 6.54 Å². The maximum atomic E-state index is 4.86. The number of hydrogen-bond acceptors (Lipinski definition) is 6. The van der Waals surface area contributed by atoms with Gasteiger partial charge in [-0.05, 0) is 22.9 Å². The zero-order valence-electron chi connectivity index (χ0n) is 8.86. The highest BCUT2D eigenvalue weighted by Crippen LogP contribution is 2.12. The van der Waals surface area contributed by atoms with E-state index in [4.69, 9.17) is 4.52 Å². The van der Waals surface area contributed by atoms with E-state index in [0.717, 1.165) is 10.4 Å². The van der Waals surface area contributed by atoms with Crippen LogP contribution in [-0.2, 0) is 6.54 Å². The Morgan fingerprint density at radius 1 is 1.31 bits per heavy atom. The largest absolute Gasteiger partial charge is 0.362 e. The predicted octanol–water partition coefficient (Wildman–Crippen LogP) is 1.85. The Kier molecular flexibility index (Phi) is 3.14. The molecule has 0 aromatic carbocycles. The van der Waals surface area contributed by atoms with Gasteiger partial charge in [-0.15, -0.1) is 0 Å². The van der Waals surface area contributed by atoms with Crippen molar-refractivity contribution in [2.75, 3.05) is 5.32 Å². The maximum Gasteiger partial charge on any atom is 0.223 e. The molecule has 2 aromatic rings. The standard InChI is InChI=1S/C9H10BrN5O/c1-5-12-7(10)3-8(13-5)11-4-9-14-6(2)16-15-9/h3H,4H2,1-2H3,(H,11,12,13). The molecule has 0 saturated carbocycles.